The predicted octanol–water partition coefficient (Wildman–Crippen LogP) is 2.36. The summed E-state index contributed by atoms with van der Waals surface area (Å²) in [6, 6.07) is 13.4. The molecule has 24 heavy (non-hydrogen) atoms. The lowest BCUT2D eigenvalue weighted by Gasteiger charge is -2.09. The second-order valence-electron chi connectivity index (χ2n) is 5.18. The van der Waals surface area contributed by atoms with Gasteiger partial charge in [-0.1, -0.05) is 24.3 Å². The number of fused-ring (bicyclic) bond motifs is 1. The molecule has 0 fully saturated rings. The molecule has 1 aromatic heterocycles. The number of carbonyl (C=O) groups excluding carboxylic acids is 1. The maximum Gasteiger partial charge on any atom is 0.350 e. The normalized spacial score (nSPS) is 10.6. The third kappa shape index (κ3) is 2.45. The second-order valence-corrected chi connectivity index (χ2v) is 5.18. The quantitative estimate of drug-likeness (QED) is 0.571. The maximum atomic E-state index is 12.6. The minimum absolute atomic E-state index is 0.135. The van der Waals surface area contributed by atoms with E-state index < -0.39 is 5.91 Å². The van der Waals surface area contributed by atoms with Crippen LogP contribution < -0.4 is 14.5 Å². The second kappa shape index (κ2) is 6.04. The lowest BCUT2D eigenvalue weighted by atomic mass is 10.2. The van der Waals surface area contributed by atoms with Crippen LogP contribution in [0.2, 0.25) is 0 Å². The topological polar surface area (TPSA) is 86.5 Å². The van der Waals surface area contributed by atoms with E-state index in [0.29, 0.717) is 21.4 Å². The number of aromatic nitrogens is 2. The van der Waals surface area contributed by atoms with Gasteiger partial charge in [-0.25, -0.2) is 0 Å². The van der Waals surface area contributed by atoms with Crippen LogP contribution in [0.4, 0.5) is 5.69 Å². The van der Waals surface area contributed by atoms with Crippen molar-refractivity contribution < 1.29 is 19.2 Å². The molecule has 1 amide bonds. The molecular weight excluding hydrogens is 310 g/mol. The fraction of sp³-hybridized carbons (Fsp3) is 0.118. The van der Waals surface area contributed by atoms with Gasteiger partial charge in [0.25, 0.3) is 5.52 Å². The smallest absolute Gasteiger partial charge is 0.350 e. The van der Waals surface area contributed by atoms with Gasteiger partial charge < -0.3 is 15.3 Å². The van der Waals surface area contributed by atoms with Crippen LogP contribution in [0, 0.1) is 11.8 Å². The Morgan fingerprint density at radius 3 is 2.58 bits per heavy atom. The van der Waals surface area contributed by atoms with Crippen LogP contribution in [-0.4, -0.2) is 23.0 Å². The monoisotopic (exact) mass is 326 g/mol. The average molecular weight is 326 g/mol. The molecular formula is C17H16N3O4+. The van der Waals surface area contributed by atoms with E-state index in [9.17, 15) is 14.9 Å². The van der Waals surface area contributed by atoms with E-state index in [1.54, 1.807) is 42.5 Å². The van der Waals surface area contributed by atoms with Crippen LogP contribution >= 0.6 is 0 Å². The van der Waals surface area contributed by atoms with Crippen molar-refractivity contribution in [3.63, 3.8) is 0 Å². The van der Waals surface area contributed by atoms with Crippen molar-refractivity contribution in [2.75, 3.05) is 12.4 Å². The first-order valence-electron chi connectivity index (χ1n) is 7.25. The predicted molar refractivity (Wildman–Crippen MR) is 88.2 cm³/mol. The highest BCUT2D eigenvalue weighted by Crippen LogP contribution is 2.24. The van der Waals surface area contributed by atoms with E-state index in [1.807, 2.05) is 0 Å². The Bertz CT molecular complexity index is 995. The number of anilines is 1. The fourth-order valence-electron chi connectivity index (χ4n) is 2.55. The number of benzene rings is 2. The molecule has 7 nitrogen and oxygen atoms in total. The summed E-state index contributed by atoms with van der Waals surface area (Å²) in [5, 5.41) is 12.9. The number of amides is 1. The lowest BCUT2D eigenvalue weighted by molar-refractivity contribution is -0.468. The molecule has 0 unspecified atom stereocenters. The Balaban J connectivity index is 2.12. The van der Waals surface area contributed by atoms with E-state index in [0.717, 1.165) is 4.73 Å². The van der Waals surface area contributed by atoms with Crippen LogP contribution in [0.3, 0.4) is 0 Å². The summed E-state index contributed by atoms with van der Waals surface area (Å²) in [7, 11) is 1.49. The molecule has 0 atom stereocenters. The SMILES string of the molecule is COc1ccccc1NC(=O)c1c(C)n(O)c2ccccc2[n+]1=O. The highest BCUT2D eigenvalue weighted by atomic mass is 16.5. The Morgan fingerprint density at radius 1 is 1.17 bits per heavy atom. The molecule has 1 heterocycles. The third-order valence-electron chi connectivity index (χ3n) is 3.76. The summed E-state index contributed by atoms with van der Waals surface area (Å²) in [5.74, 6) is -0.167. The standard InChI is InChI=1S/C17H15N3O4/c1-11-16(17(21)18-12-7-3-6-10-15(12)24-2)20(23)14-9-5-4-8-13(14)19(11)22/h3-10,22H,1-2H3/p+1. The van der Waals surface area contributed by atoms with E-state index in [-0.39, 0.29) is 16.9 Å². The fourth-order valence-corrected chi connectivity index (χ4v) is 2.55. The third-order valence-corrected chi connectivity index (χ3v) is 3.76. The Labute approximate surface area is 137 Å². The maximum absolute atomic E-state index is 12.6. The van der Waals surface area contributed by atoms with Crippen molar-refractivity contribution in [1.29, 1.82) is 0 Å². The zero-order valence-corrected chi connectivity index (χ0v) is 13.2. The first kappa shape index (κ1) is 15.5. The summed E-state index contributed by atoms with van der Waals surface area (Å²) >= 11 is 0. The van der Waals surface area contributed by atoms with E-state index >= 15 is 0 Å². The van der Waals surface area contributed by atoms with Crippen molar-refractivity contribution in [2.45, 2.75) is 6.92 Å². The van der Waals surface area contributed by atoms with Crippen molar-refractivity contribution in [2.24, 2.45) is 0 Å². The summed E-state index contributed by atoms with van der Waals surface area (Å²) in [6.45, 7) is 1.50. The number of nitrogens with one attached hydrogen (secondary N) is 1. The minimum Gasteiger partial charge on any atom is -0.495 e. The molecule has 0 aliphatic heterocycles. The van der Waals surface area contributed by atoms with E-state index in [4.69, 9.17) is 4.74 Å². The van der Waals surface area contributed by atoms with Gasteiger partial charge in [-0.2, -0.15) is 4.73 Å². The average Bonchev–Trinajstić information content (AvgIpc) is 2.60. The van der Waals surface area contributed by atoms with Gasteiger partial charge in [0.2, 0.25) is 0 Å². The number of hydrogen-bond donors (Lipinski definition) is 2. The highest BCUT2D eigenvalue weighted by molar-refractivity contribution is 6.03. The zero-order chi connectivity index (χ0) is 17.3. The van der Waals surface area contributed by atoms with Crippen LogP contribution in [-0.2, 0) is 0 Å². The zero-order valence-electron chi connectivity index (χ0n) is 13.2. The first-order valence-corrected chi connectivity index (χ1v) is 7.25. The summed E-state index contributed by atoms with van der Waals surface area (Å²) < 4.78 is 6.53. The van der Waals surface area contributed by atoms with Gasteiger partial charge >= 0.3 is 11.6 Å². The molecule has 2 N–H and O–H groups in total. The van der Waals surface area contributed by atoms with Crippen molar-refractivity contribution in [3.8, 4) is 5.75 Å². The number of ether oxygens (including phenoxy) is 1. The Hall–Kier alpha value is -3.35. The summed E-state index contributed by atoms with van der Waals surface area (Å²) in [4.78, 5) is 25.2. The van der Waals surface area contributed by atoms with Crippen LogP contribution in [0.25, 0.3) is 11.0 Å². The minimum atomic E-state index is -0.638. The summed E-state index contributed by atoms with van der Waals surface area (Å²) in [5.41, 5.74) is 0.884. The Morgan fingerprint density at radius 2 is 1.83 bits per heavy atom. The molecule has 7 heteroatoms. The first-order chi connectivity index (χ1) is 11.5. The number of hydrogen-bond acceptors (Lipinski definition) is 4. The number of nitrogens with zero attached hydrogens (tertiary/aromatic N) is 2. The van der Waals surface area contributed by atoms with Gasteiger partial charge in [0, 0.05) is 11.0 Å². The molecule has 0 radical (unpaired) electrons. The molecule has 0 aliphatic carbocycles. The molecule has 0 spiro atoms. The molecule has 2 aromatic carbocycles. The van der Waals surface area contributed by atoms with Crippen molar-refractivity contribution in [1.82, 2.24) is 4.73 Å². The molecule has 0 saturated carbocycles. The molecule has 0 aliphatic rings. The van der Waals surface area contributed by atoms with Crippen molar-refractivity contribution >= 4 is 22.6 Å². The van der Waals surface area contributed by atoms with Gasteiger partial charge in [0.15, 0.2) is 5.52 Å². The van der Waals surface area contributed by atoms with E-state index in [2.05, 4.69) is 5.32 Å². The van der Waals surface area contributed by atoms with Gasteiger partial charge in [-0.3, -0.25) is 4.79 Å². The number of methoxy groups -OCH3 is 1. The van der Waals surface area contributed by atoms with Gasteiger partial charge in [0.1, 0.15) is 11.4 Å². The number of rotatable bonds is 3. The van der Waals surface area contributed by atoms with Crippen LogP contribution in [0.5, 0.6) is 5.75 Å². The van der Waals surface area contributed by atoms with E-state index in [1.165, 1.54) is 20.1 Å². The van der Waals surface area contributed by atoms with Gasteiger partial charge in [0.05, 0.1) is 17.2 Å². The van der Waals surface area contributed by atoms with Gasteiger partial charge in [-0.15, -0.1) is 0 Å². The molecule has 3 rings (SSSR count). The Kier molecular flexibility index (Phi) is 3.91. The lowest BCUT2D eigenvalue weighted by Crippen LogP contribution is -2.33. The number of carbonyl (C=O) groups is 1. The molecule has 122 valence electrons. The number of para-hydroxylation sites is 4. The van der Waals surface area contributed by atoms with Gasteiger partial charge in [-0.05, 0) is 25.1 Å². The van der Waals surface area contributed by atoms with Crippen LogP contribution in [0.15, 0.2) is 48.5 Å². The largest absolute Gasteiger partial charge is 0.495 e. The molecule has 3 aromatic rings. The summed E-state index contributed by atoms with van der Waals surface area (Å²) in [6.07, 6.45) is 0. The molecule has 0 bridgehead atoms. The highest BCUT2D eigenvalue weighted by Gasteiger charge is 2.29. The van der Waals surface area contributed by atoms with Crippen molar-refractivity contribution in [3.05, 3.63) is 64.8 Å². The molecule has 0 saturated heterocycles. The van der Waals surface area contributed by atoms with Crippen LogP contribution in [0.1, 0.15) is 16.2 Å².